The molecule has 2 aromatic carbocycles. The van der Waals surface area contributed by atoms with Crippen molar-refractivity contribution in [3.8, 4) is 22.6 Å². The number of hydrogen-bond acceptors (Lipinski definition) is 4. The lowest BCUT2D eigenvalue weighted by Gasteiger charge is -2.26. The summed E-state index contributed by atoms with van der Waals surface area (Å²) in [5.41, 5.74) is 2.50. The third-order valence-electron chi connectivity index (χ3n) is 6.78. The molecule has 180 valence electrons. The summed E-state index contributed by atoms with van der Waals surface area (Å²) in [4.78, 5) is 12.2. The van der Waals surface area contributed by atoms with Gasteiger partial charge in [0.25, 0.3) is 0 Å². The number of phenolic OH excluding ortho intramolecular Hbond substituents is 2. The Balaban J connectivity index is 1.67. The smallest absolute Gasteiger partial charge is 0.411 e. The number of anilines is 1. The summed E-state index contributed by atoms with van der Waals surface area (Å²) in [6.45, 7) is 6.51. The van der Waals surface area contributed by atoms with Crippen molar-refractivity contribution in [1.82, 2.24) is 0 Å². The second kappa shape index (κ2) is 11.4. The molecular weight excluding hydrogens is 414 g/mol. The maximum atomic E-state index is 12.2. The summed E-state index contributed by atoms with van der Waals surface area (Å²) in [5, 5.41) is 24.3. The van der Waals surface area contributed by atoms with Crippen LogP contribution in [-0.2, 0) is 10.2 Å². The van der Waals surface area contributed by atoms with Gasteiger partial charge in [-0.2, -0.15) is 0 Å². The molecule has 3 N–H and O–H groups in total. The van der Waals surface area contributed by atoms with Crippen LogP contribution < -0.4 is 5.32 Å². The normalized spacial score (nSPS) is 14.8. The molecule has 3 rings (SSSR count). The maximum absolute atomic E-state index is 12.2. The summed E-state index contributed by atoms with van der Waals surface area (Å²) in [6, 6.07) is 10.6. The predicted molar refractivity (Wildman–Crippen MR) is 134 cm³/mol. The molecule has 1 amide bonds. The molecule has 0 spiro atoms. The summed E-state index contributed by atoms with van der Waals surface area (Å²) in [6.07, 6.45) is 10.6. The van der Waals surface area contributed by atoms with Crippen LogP contribution in [0.3, 0.4) is 0 Å². The Labute approximate surface area is 198 Å². The number of aromatic hydroxyl groups is 2. The molecule has 5 nitrogen and oxygen atoms in total. The number of carbonyl (C=O) groups is 1. The Hall–Kier alpha value is -2.69. The van der Waals surface area contributed by atoms with Crippen LogP contribution in [0.25, 0.3) is 11.1 Å². The van der Waals surface area contributed by atoms with E-state index in [1.165, 1.54) is 25.7 Å². The highest BCUT2D eigenvalue weighted by atomic mass is 16.6. The van der Waals surface area contributed by atoms with Gasteiger partial charge in [-0.3, -0.25) is 5.32 Å². The number of nitrogens with one attached hydrogen (secondary N) is 1. The quantitative estimate of drug-likeness (QED) is 0.337. The number of benzene rings is 2. The number of hydrogen-bond donors (Lipinski definition) is 3. The van der Waals surface area contributed by atoms with Gasteiger partial charge in [0.15, 0.2) is 0 Å². The molecule has 0 saturated heterocycles. The van der Waals surface area contributed by atoms with Gasteiger partial charge >= 0.3 is 6.09 Å². The molecule has 1 saturated carbocycles. The average molecular weight is 454 g/mol. The van der Waals surface area contributed by atoms with Gasteiger partial charge < -0.3 is 14.9 Å². The molecule has 0 aliphatic heterocycles. The minimum absolute atomic E-state index is 0.00123. The highest BCUT2D eigenvalue weighted by Gasteiger charge is 2.24. The van der Waals surface area contributed by atoms with Crippen molar-refractivity contribution < 1.29 is 19.7 Å². The van der Waals surface area contributed by atoms with Crippen LogP contribution in [-0.4, -0.2) is 22.4 Å². The van der Waals surface area contributed by atoms with Crippen LogP contribution in [0.15, 0.2) is 36.4 Å². The van der Waals surface area contributed by atoms with E-state index in [2.05, 4.69) is 26.1 Å². The third kappa shape index (κ3) is 6.89. The van der Waals surface area contributed by atoms with Gasteiger partial charge in [-0.05, 0) is 72.9 Å². The predicted octanol–water partition coefficient (Wildman–Crippen LogP) is 7.89. The molecule has 0 atom stereocenters. The van der Waals surface area contributed by atoms with E-state index in [9.17, 15) is 15.0 Å². The van der Waals surface area contributed by atoms with Crippen molar-refractivity contribution in [2.24, 2.45) is 0 Å². The van der Waals surface area contributed by atoms with Gasteiger partial charge in [-0.15, -0.1) is 0 Å². The number of carbonyl (C=O) groups excluding carboxylic acids is 1. The Morgan fingerprint density at radius 3 is 2.24 bits per heavy atom. The zero-order chi connectivity index (χ0) is 23.8. The molecule has 0 unspecified atom stereocenters. The first kappa shape index (κ1) is 24.9. The first-order valence-corrected chi connectivity index (χ1v) is 12.4. The summed E-state index contributed by atoms with van der Waals surface area (Å²) in [5.74, 6) is 0.119. The fraction of sp³-hybridized carbons (Fsp3) is 0.536. The lowest BCUT2D eigenvalue weighted by atomic mass is 9.79. The topological polar surface area (TPSA) is 78.8 Å². The minimum atomic E-state index is -0.439. The number of ether oxygens (including phenoxy) is 1. The van der Waals surface area contributed by atoms with E-state index in [-0.39, 0.29) is 23.0 Å². The van der Waals surface area contributed by atoms with Crippen LogP contribution in [0.2, 0.25) is 0 Å². The van der Waals surface area contributed by atoms with Gasteiger partial charge in [0.2, 0.25) is 0 Å². The molecule has 0 heterocycles. The fourth-order valence-electron chi connectivity index (χ4n) is 4.64. The highest BCUT2D eigenvalue weighted by molar-refractivity contribution is 5.86. The van der Waals surface area contributed by atoms with Crippen LogP contribution in [0.4, 0.5) is 10.5 Å². The Morgan fingerprint density at radius 2 is 1.64 bits per heavy atom. The largest absolute Gasteiger partial charge is 0.507 e. The van der Waals surface area contributed by atoms with Crippen molar-refractivity contribution >= 4 is 11.8 Å². The third-order valence-corrected chi connectivity index (χ3v) is 6.78. The zero-order valence-corrected chi connectivity index (χ0v) is 20.3. The van der Waals surface area contributed by atoms with Gasteiger partial charge in [0, 0.05) is 5.69 Å². The van der Waals surface area contributed by atoms with Crippen molar-refractivity contribution in [2.45, 2.75) is 96.5 Å². The molecular formula is C28H39NO4. The lowest BCUT2D eigenvalue weighted by molar-refractivity contribution is 0.0865. The summed E-state index contributed by atoms with van der Waals surface area (Å²) < 4.78 is 5.50. The molecule has 5 heteroatoms. The monoisotopic (exact) mass is 453 g/mol. The van der Waals surface area contributed by atoms with E-state index in [1.54, 1.807) is 36.4 Å². The minimum Gasteiger partial charge on any atom is -0.507 e. The highest BCUT2D eigenvalue weighted by Crippen LogP contribution is 2.42. The van der Waals surface area contributed by atoms with E-state index in [1.807, 2.05) is 0 Å². The molecule has 33 heavy (non-hydrogen) atoms. The number of phenols is 2. The molecule has 1 aliphatic carbocycles. The molecule has 1 fully saturated rings. The fourth-order valence-corrected chi connectivity index (χ4v) is 4.64. The van der Waals surface area contributed by atoms with Crippen LogP contribution in [0.5, 0.6) is 11.5 Å². The van der Waals surface area contributed by atoms with E-state index < -0.39 is 6.09 Å². The Bertz CT molecular complexity index is 891. The van der Waals surface area contributed by atoms with Gasteiger partial charge in [0.05, 0.1) is 5.56 Å². The van der Waals surface area contributed by atoms with Crippen molar-refractivity contribution in [1.29, 1.82) is 0 Å². The summed E-state index contributed by atoms with van der Waals surface area (Å²) >= 11 is 0. The van der Waals surface area contributed by atoms with Crippen molar-refractivity contribution in [3.05, 3.63) is 42.0 Å². The van der Waals surface area contributed by atoms with E-state index >= 15 is 0 Å². The molecule has 1 aliphatic rings. The molecule has 0 radical (unpaired) electrons. The molecule has 0 aromatic heterocycles. The Morgan fingerprint density at radius 1 is 1.00 bits per heavy atom. The van der Waals surface area contributed by atoms with Crippen molar-refractivity contribution in [3.63, 3.8) is 0 Å². The van der Waals surface area contributed by atoms with Gasteiger partial charge in [-0.25, -0.2) is 4.79 Å². The van der Waals surface area contributed by atoms with Crippen LogP contribution >= 0.6 is 0 Å². The number of amides is 1. The first-order valence-electron chi connectivity index (χ1n) is 12.4. The average Bonchev–Trinajstić information content (AvgIpc) is 2.78. The van der Waals surface area contributed by atoms with E-state index in [0.29, 0.717) is 16.8 Å². The SMILES string of the molecule is CCCCCCC(C)(C)c1cc(O)c(-c2ccc(NC(=O)OC3CCCCC3)cc2)c(O)c1. The van der Waals surface area contributed by atoms with Crippen LogP contribution in [0.1, 0.15) is 90.5 Å². The Kier molecular flexibility index (Phi) is 8.65. The van der Waals surface area contributed by atoms with Crippen molar-refractivity contribution in [2.75, 3.05) is 5.32 Å². The zero-order valence-electron chi connectivity index (χ0n) is 20.3. The number of rotatable bonds is 9. The summed E-state index contributed by atoms with van der Waals surface area (Å²) in [7, 11) is 0. The lowest BCUT2D eigenvalue weighted by Crippen LogP contribution is -2.24. The second-order valence-electron chi connectivity index (χ2n) is 9.95. The second-order valence-corrected chi connectivity index (χ2v) is 9.95. The van der Waals surface area contributed by atoms with E-state index in [0.717, 1.165) is 44.1 Å². The number of unbranched alkanes of at least 4 members (excludes halogenated alkanes) is 3. The maximum Gasteiger partial charge on any atom is 0.411 e. The first-order chi connectivity index (χ1) is 15.8. The van der Waals surface area contributed by atoms with E-state index in [4.69, 9.17) is 4.74 Å². The standard InChI is InChI=1S/C28H39NO4/c1-4-5-6-10-17-28(2,3)21-18-24(30)26(25(31)19-21)20-13-15-22(16-14-20)29-27(32)33-23-11-8-7-9-12-23/h13-16,18-19,23,30-31H,4-12,17H2,1-3H3,(H,29,32). The molecule has 0 bridgehead atoms. The van der Waals surface area contributed by atoms with Gasteiger partial charge in [-0.1, -0.05) is 65.0 Å². The van der Waals surface area contributed by atoms with Crippen LogP contribution in [0, 0.1) is 0 Å². The molecule has 2 aromatic rings. The van der Waals surface area contributed by atoms with Gasteiger partial charge in [0.1, 0.15) is 17.6 Å².